The van der Waals surface area contributed by atoms with Gasteiger partial charge in [-0.05, 0) is 12.1 Å². The summed E-state index contributed by atoms with van der Waals surface area (Å²) in [6.45, 7) is -0.0398. The Kier molecular flexibility index (Phi) is 3.99. The number of ether oxygens (including phenoxy) is 1. The molecule has 0 spiro atoms. The van der Waals surface area contributed by atoms with E-state index in [0.29, 0.717) is 0 Å². The maximum absolute atomic E-state index is 13.0. The normalized spacial score (nSPS) is 9.80. The van der Waals surface area contributed by atoms with Gasteiger partial charge in [-0.15, -0.1) is 0 Å². The summed E-state index contributed by atoms with van der Waals surface area (Å²) < 4.78 is 30.6. The van der Waals surface area contributed by atoms with E-state index in [-0.39, 0.29) is 6.73 Å². The average Bonchev–Trinajstić information content (AvgIpc) is 2.21. The summed E-state index contributed by atoms with van der Waals surface area (Å²) in [5, 5.41) is 4.26. The third-order valence-electron chi connectivity index (χ3n) is 1.58. The lowest BCUT2D eigenvalue weighted by molar-refractivity contribution is 0.176. The van der Waals surface area contributed by atoms with E-state index in [9.17, 15) is 13.6 Å². The molecule has 1 aromatic carbocycles. The number of methoxy groups -OCH3 is 1. The molecule has 6 heteroatoms. The Labute approximate surface area is 85.2 Å². The van der Waals surface area contributed by atoms with Crippen molar-refractivity contribution in [2.45, 2.75) is 0 Å². The molecule has 15 heavy (non-hydrogen) atoms. The summed E-state index contributed by atoms with van der Waals surface area (Å²) in [7, 11) is 1.38. The van der Waals surface area contributed by atoms with Crippen LogP contribution < -0.4 is 10.6 Å². The van der Waals surface area contributed by atoms with Gasteiger partial charge in [0.2, 0.25) is 0 Å². The number of hydrogen-bond donors (Lipinski definition) is 2. The number of amides is 2. The Morgan fingerprint density at radius 3 is 2.53 bits per heavy atom. The zero-order chi connectivity index (χ0) is 11.3. The lowest BCUT2D eigenvalue weighted by atomic mass is 10.3. The zero-order valence-electron chi connectivity index (χ0n) is 8.01. The van der Waals surface area contributed by atoms with Crippen LogP contribution in [0.3, 0.4) is 0 Å². The molecule has 0 fully saturated rings. The van der Waals surface area contributed by atoms with Gasteiger partial charge in [-0.1, -0.05) is 6.07 Å². The number of para-hydroxylation sites is 1. The summed E-state index contributed by atoms with van der Waals surface area (Å²) >= 11 is 0. The van der Waals surface area contributed by atoms with Crippen molar-refractivity contribution in [2.75, 3.05) is 19.2 Å². The molecule has 1 rings (SSSR count). The van der Waals surface area contributed by atoms with Gasteiger partial charge in [0.25, 0.3) is 0 Å². The highest BCUT2D eigenvalue weighted by molar-refractivity contribution is 5.89. The summed E-state index contributed by atoms with van der Waals surface area (Å²) in [6, 6.07) is 2.58. The molecule has 0 aliphatic rings. The van der Waals surface area contributed by atoms with E-state index in [1.54, 1.807) is 0 Å². The number of anilines is 1. The van der Waals surface area contributed by atoms with Crippen LogP contribution in [0.25, 0.3) is 0 Å². The van der Waals surface area contributed by atoms with Gasteiger partial charge >= 0.3 is 6.03 Å². The molecule has 0 atom stereocenters. The maximum atomic E-state index is 13.0. The van der Waals surface area contributed by atoms with Gasteiger partial charge in [-0.3, -0.25) is 0 Å². The minimum absolute atomic E-state index is 0.0398. The summed E-state index contributed by atoms with van der Waals surface area (Å²) in [6.07, 6.45) is 0. The molecule has 0 aliphatic carbocycles. The zero-order valence-corrected chi connectivity index (χ0v) is 8.01. The van der Waals surface area contributed by atoms with Crippen molar-refractivity contribution in [1.29, 1.82) is 0 Å². The van der Waals surface area contributed by atoms with E-state index in [4.69, 9.17) is 0 Å². The molecular weight excluding hydrogens is 206 g/mol. The molecule has 4 nitrogen and oxygen atoms in total. The molecule has 0 saturated carbocycles. The van der Waals surface area contributed by atoms with Crippen molar-refractivity contribution >= 4 is 11.7 Å². The van der Waals surface area contributed by atoms with Gasteiger partial charge in [0.1, 0.15) is 24.1 Å². The van der Waals surface area contributed by atoms with Gasteiger partial charge in [-0.25, -0.2) is 13.6 Å². The van der Waals surface area contributed by atoms with Gasteiger partial charge in [0.05, 0.1) is 0 Å². The van der Waals surface area contributed by atoms with Crippen LogP contribution in [0.1, 0.15) is 0 Å². The Balaban J connectivity index is 2.68. The fourth-order valence-corrected chi connectivity index (χ4v) is 0.913. The van der Waals surface area contributed by atoms with Crippen LogP contribution in [0.15, 0.2) is 18.2 Å². The van der Waals surface area contributed by atoms with Crippen molar-refractivity contribution in [3.05, 3.63) is 29.8 Å². The highest BCUT2D eigenvalue weighted by Crippen LogP contribution is 2.17. The van der Waals surface area contributed by atoms with Crippen LogP contribution in [-0.4, -0.2) is 19.9 Å². The third-order valence-corrected chi connectivity index (χ3v) is 1.58. The standard InChI is InChI=1S/C9H10F2N2O2/c1-15-5-12-9(14)13-8-6(10)3-2-4-7(8)11/h2-4H,5H2,1H3,(H2,12,13,14). The van der Waals surface area contributed by atoms with Crippen molar-refractivity contribution in [3.8, 4) is 0 Å². The third kappa shape index (κ3) is 3.17. The van der Waals surface area contributed by atoms with Crippen molar-refractivity contribution < 1.29 is 18.3 Å². The Morgan fingerprint density at radius 2 is 2.00 bits per heavy atom. The monoisotopic (exact) mass is 216 g/mol. The fourth-order valence-electron chi connectivity index (χ4n) is 0.913. The highest BCUT2D eigenvalue weighted by atomic mass is 19.1. The fraction of sp³-hybridized carbons (Fsp3) is 0.222. The van der Waals surface area contributed by atoms with Crippen LogP contribution in [0.4, 0.5) is 19.3 Å². The van der Waals surface area contributed by atoms with Crippen molar-refractivity contribution in [3.63, 3.8) is 0 Å². The number of carbonyl (C=O) groups is 1. The van der Waals surface area contributed by atoms with E-state index in [2.05, 4.69) is 10.1 Å². The minimum atomic E-state index is -0.831. The SMILES string of the molecule is COCNC(=O)Nc1c(F)cccc1F. The van der Waals surface area contributed by atoms with Crippen LogP contribution in [0.2, 0.25) is 0 Å². The number of urea groups is 1. The van der Waals surface area contributed by atoms with Gasteiger partial charge < -0.3 is 15.4 Å². The second-order valence-corrected chi connectivity index (χ2v) is 2.66. The largest absolute Gasteiger partial charge is 0.364 e. The topological polar surface area (TPSA) is 50.4 Å². The predicted octanol–water partition coefficient (Wildman–Crippen LogP) is 1.69. The average molecular weight is 216 g/mol. The van der Waals surface area contributed by atoms with Crippen LogP contribution in [0.5, 0.6) is 0 Å². The van der Waals surface area contributed by atoms with E-state index in [1.807, 2.05) is 5.32 Å². The van der Waals surface area contributed by atoms with Gasteiger partial charge in [0.15, 0.2) is 0 Å². The van der Waals surface area contributed by atoms with E-state index < -0.39 is 23.4 Å². The lowest BCUT2D eigenvalue weighted by Crippen LogP contribution is -2.30. The first-order valence-electron chi connectivity index (χ1n) is 4.13. The molecule has 0 heterocycles. The second-order valence-electron chi connectivity index (χ2n) is 2.66. The Morgan fingerprint density at radius 1 is 1.40 bits per heavy atom. The van der Waals surface area contributed by atoms with Crippen molar-refractivity contribution in [1.82, 2.24) is 5.32 Å². The molecular formula is C9H10F2N2O2. The quantitative estimate of drug-likeness (QED) is 0.755. The maximum Gasteiger partial charge on any atom is 0.321 e. The summed E-state index contributed by atoms with van der Waals surface area (Å²) in [4.78, 5) is 11.0. The molecule has 2 N–H and O–H groups in total. The number of nitrogens with one attached hydrogen (secondary N) is 2. The highest BCUT2D eigenvalue weighted by Gasteiger charge is 2.10. The first-order valence-corrected chi connectivity index (χ1v) is 4.13. The molecule has 0 unspecified atom stereocenters. The first kappa shape index (κ1) is 11.4. The predicted molar refractivity (Wildman–Crippen MR) is 50.4 cm³/mol. The molecule has 0 bridgehead atoms. The minimum Gasteiger partial charge on any atom is -0.364 e. The molecule has 0 saturated heterocycles. The number of halogens is 2. The van der Waals surface area contributed by atoms with Crippen molar-refractivity contribution in [2.24, 2.45) is 0 Å². The second kappa shape index (κ2) is 5.26. The van der Waals surface area contributed by atoms with Crippen LogP contribution >= 0.6 is 0 Å². The molecule has 0 aliphatic heterocycles. The lowest BCUT2D eigenvalue weighted by Gasteiger charge is -2.08. The van der Waals surface area contributed by atoms with E-state index in [0.717, 1.165) is 12.1 Å². The number of benzene rings is 1. The Bertz CT molecular complexity index is 338. The number of rotatable bonds is 3. The van der Waals surface area contributed by atoms with E-state index in [1.165, 1.54) is 13.2 Å². The summed E-state index contributed by atoms with van der Waals surface area (Å²) in [5.41, 5.74) is -0.480. The molecule has 1 aromatic rings. The van der Waals surface area contributed by atoms with E-state index >= 15 is 0 Å². The smallest absolute Gasteiger partial charge is 0.321 e. The molecule has 82 valence electrons. The van der Waals surface area contributed by atoms with Crippen LogP contribution in [-0.2, 0) is 4.74 Å². The van der Waals surface area contributed by atoms with Gasteiger partial charge in [-0.2, -0.15) is 0 Å². The summed E-state index contributed by atoms with van der Waals surface area (Å²) in [5.74, 6) is -1.66. The molecule has 0 aromatic heterocycles. The van der Waals surface area contributed by atoms with Gasteiger partial charge in [0, 0.05) is 7.11 Å². The van der Waals surface area contributed by atoms with Crippen LogP contribution in [0, 0.1) is 11.6 Å². The first-order chi connectivity index (χ1) is 7.15. The number of hydrogen-bond acceptors (Lipinski definition) is 2. The number of carbonyl (C=O) groups excluding carboxylic acids is 1. The Hall–Kier alpha value is -1.69. The molecule has 2 amide bonds. The molecule has 0 radical (unpaired) electrons.